The van der Waals surface area contributed by atoms with Gasteiger partial charge in [-0.05, 0) is 31.7 Å². The van der Waals surface area contributed by atoms with Crippen LogP contribution in [0.25, 0.3) is 0 Å². The minimum absolute atomic E-state index is 0.137. The Morgan fingerprint density at radius 2 is 2.12 bits per heavy atom. The van der Waals surface area contributed by atoms with Crippen LogP contribution in [0.15, 0.2) is 18.2 Å². The van der Waals surface area contributed by atoms with Crippen LogP contribution in [0.1, 0.15) is 43.7 Å². The number of hydrogen-bond acceptors (Lipinski definition) is 1. The van der Waals surface area contributed by atoms with Gasteiger partial charge in [0.1, 0.15) is 5.82 Å². The summed E-state index contributed by atoms with van der Waals surface area (Å²) >= 11 is 0. The maximum Gasteiger partial charge on any atom is 0.129 e. The SMILES string of the molecule is Cc1ccc(F)c(C2(O)CCCCC2C)c1. The van der Waals surface area contributed by atoms with Crippen LogP contribution in [0.2, 0.25) is 0 Å². The normalized spacial score (nSPS) is 30.4. The molecule has 1 aliphatic carbocycles. The van der Waals surface area contributed by atoms with Gasteiger partial charge in [-0.1, -0.05) is 37.5 Å². The van der Waals surface area contributed by atoms with Crippen LogP contribution in [-0.4, -0.2) is 5.11 Å². The van der Waals surface area contributed by atoms with E-state index in [2.05, 4.69) is 0 Å². The molecule has 2 atom stereocenters. The first-order chi connectivity index (χ1) is 7.54. The molecule has 0 heterocycles. The van der Waals surface area contributed by atoms with Gasteiger partial charge in [-0.2, -0.15) is 0 Å². The molecule has 0 bridgehead atoms. The van der Waals surface area contributed by atoms with Crippen molar-refractivity contribution in [3.05, 3.63) is 35.1 Å². The summed E-state index contributed by atoms with van der Waals surface area (Å²) in [5, 5.41) is 10.7. The monoisotopic (exact) mass is 222 g/mol. The molecule has 0 radical (unpaired) electrons. The topological polar surface area (TPSA) is 20.2 Å². The van der Waals surface area contributed by atoms with Crippen molar-refractivity contribution in [1.29, 1.82) is 0 Å². The van der Waals surface area contributed by atoms with E-state index in [-0.39, 0.29) is 11.7 Å². The van der Waals surface area contributed by atoms with E-state index in [1.54, 1.807) is 12.1 Å². The van der Waals surface area contributed by atoms with Crippen molar-refractivity contribution in [2.24, 2.45) is 5.92 Å². The van der Waals surface area contributed by atoms with Gasteiger partial charge in [-0.25, -0.2) is 4.39 Å². The number of aliphatic hydroxyl groups is 1. The third kappa shape index (κ3) is 1.86. The third-order valence-corrected chi connectivity index (χ3v) is 3.85. The largest absolute Gasteiger partial charge is 0.385 e. The second-order valence-electron chi connectivity index (χ2n) is 5.05. The zero-order chi connectivity index (χ0) is 11.8. The standard InChI is InChI=1S/C14H19FO/c1-10-6-7-13(15)12(9-10)14(16)8-4-3-5-11(14)2/h6-7,9,11,16H,3-5,8H2,1-2H3. The van der Waals surface area contributed by atoms with Crippen molar-refractivity contribution in [3.8, 4) is 0 Å². The molecule has 0 spiro atoms. The van der Waals surface area contributed by atoms with Crippen molar-refractivity contribution in [1.82, 2.24) is 0 Å². The Bertz CT molecular complexity index is 388. The summed E-state index contributed by atoms with van der Waals surface area (Å²) in [6, 6.07) is 5.00. The third-order valence-electron chi connectivity index (χ3n) is 3.85. The number of halogens is 1. The first kappa shape index (κ1) is 11.6. The molecule has 1 saturated carbocycles. The molecule has 0 amide bonds. The number of hydrogen-bond donors (Lipinski definition) is 1. The minimum atomic E-state index is -0.964. The van der Waals surface area contributed by atoms with Crippen molar-refractivity contribution in [3.63, 3.8) is 0 Å². The van der Waals surface area contributed by atoms with E-state index in [9.17, 15) is 9.50 Å². The first-order valence-corrected chi connectivity index (χ1v) is 6.03. The Kier molecular flexibility index (Phi) is 3.02. The molecule has 2 heteroatoms. The Morgan fingerprint density at radius 1 is 1.38 bits per heavy atom. The fraction of sp³-hybridized carbons (Fsp3) is 0.571. The first-order valence-electron chi connectivity index (χ1n) is 6.03. The molecule has 0 saturated heterocycles. The summed E-state index contributed by atoms with van der Waals surface area (Å²) in [5.41, 5.74) is 0.524. The molecule has 2 unspecified atom stereocenters. The van der Waals surface area contributed by atoms with Gasteiger partial charge in [0, 0.05) is 5.56 Å². The zero-order valence-corrected chi connectivity index (χ0v) is 9.96. The lowest BCUT2D eigenvalue weighted by molar-refractivity contribution is -0.0496. The lowest BCUT2D eigenvalue weighted by Gasteiger charge is -2.38. The van der Waals surface area contributed by atoms with Gasteiger partial charge in [0.15, 0.2) is 0 Å². The molecule has 1 aromatic rings. The highest BCUT2D eigenvalue weighted by Gasteiger charge is 2.39. The van der Waals surface area contributed by atoms with Gasteiger partial charge in [-0.3, -0.25) is 0 Å². The van der Waals surface area contributed by atoms with E-state index in [1.807, 2.05) is 13.8 Å². The van der Waals surface area contributed by atoms with Crippen molar-refractivity contribution in [2.45, 2.75) is 45.1 Å². The molecule has 16 heavy (non-hydrogen) atoms. The molecule has 0 aliphatic heterocycles. The smallest absolute Gasteiger partial charge is 0.129 e. The summed E-state index contributed by atoms with van der Waals surface area (Å²) in [6.45, 7) is 3.95. The molecular weight excluding hydrogens is 203 g/mol. The maximum absolute atomic E-state index is 13.8. The highest BCUT2D eigenvalue weighted by molar-refractivity contribution is 5.30. The molecular formula is C14H19FO. The summed E-state index contributed by atoms with van der Waals surface area (Å²) in [6.07, 6.45) is 3.77. The average Bonchev–Trinajstić information content (AvgIpc) is 2.26. The van der Waals surface area contributed by atoms with E-state index < -0.39 is 5.60 Å². The van der Waals surface area contributed by atoms with Gasteiger partial charge >= 0.3 is 0 Å². The average molecular weight is 222 g/mol. The minimum Gasteiger partial charge on any atom is -0.385 e. The maximum atomic E-state index is 13.8. The van der Waals surface area contributed by atoms with E-state index in [4.69, 9.17) is 0 Å². The molecule has 1 aliphatic rings. The van der Waals surface area contributed by atoms with Gasteiger partial charge in [-0.15, -0.1) is 0 Å². The van der Waals surface area contributed by atoms with E-state index in [0.29, 0.717) is 12.0 Å². The Balaban J connectivity index is 2.44. The van der Waals surface area contributed by atoms with Crippen LogP contribution in [0.3, 0.4) is 0 Å². The molecule has 0 aromatic heterocycles. The van der Waals surface area contributed by atoms with Crippen LogP contribution in [-0.2, 0) is 5.60 Å². The molecule has 88 valence electrons. The summed E-state index contributed by atoms with van der Waals surface area (Å²) in [7, 11) is 0. The van der Waals surface area contributed by atoms with E-state index in [1.165, 1.54) is 6.07 Å². The number of benzene rings is 1. The van der Waals surface area contributed by atoms with Crippen LogP contribution >= 0.6 is 0 Å². The van der Waals surface area contributed by atoms with E-state index >= 15 is 0 Å². The zero-order valence-electron chi connectivity index (χ0n) is 9.96. The van der Waals surface area contributed by atoms with Crippen LogP contribution in [0, 0.1) is 18.7 Å². The summed E-state index contributed by atoms with van der Waals surface area (Å²) in [4.78, 5) is 0. The number of rotatable bonds is 1. The molecule has 1 nitrogen and oxygen atoms in total. The molecule has 1 N–H and O–H groups in total. The predicted octanol–water partition coefficient (Wildman–Crippen LogP) is 3.53. The molecule has 1 aromatic carbocycles. The molecule has 2 rings (SSSR count). The quantitative estimate of drug-likeness (QED) is 0.770. The van der Waals surface area contributed by atoms with Gasteiger partial charge in [0.2, 0.25) is 0 Å². The fourth-order valence-electron chi connectivity index (χ4n) is 2.70. The Hall–Kier alpha value is -0.890. The van der Waals surface area contributed by atoms with Crippen LogP contribution in [0.5, 0.6) is 0 Å². The van der Waals surface area contributed by atoms with Gasteiger partial charge < -0.3 is 5.11 Å². The Morgan fingerprint density at radius 3 is 2.81 bits per heavy atom. The van der Waals surface area contributed by atoms with Crippen molar-refractivity contribution in [2.75, 3.05) is 0 Å². The summed E-state index contributed by atoms with van der Waals surface area (Å²) < 4.78 is 13.8. The summed E-state index contributed by atoms with van der Waals surface area (Å²) in [5.74, 6) is -0.139. The molecule has 1 fully saturated rings. The Labute approximate surface area is 96.3 Å². The highest BCUT2D eigenvalue weighted by atomic mass is 19.1. The lowest BCUT2D eigenvalue weighted by atomic mass is 9.72. The second-order valence-corrected chi connectivity index (χ2v) is 5.05. The number of aryl methyl sites for hydroxylation is 1. The van der Waals surface area contributed by atoms with E-state index in [0.717, 1.165) is 24.8 Å². The fourth-order valence-corrected chi connectivity index (χ4v) is 2.70. The van der Waals surface area contributed by atoms with Crippen LogP contribution < -0.4 is 0 Å². The van der Waals surface area contributed by atoms with Crippen molar-refractivity contribution < 1.29 is 9.50 Å². The van der Waals surface area contributed by atoms with Gasteiger partial charge in [0.05, 0.1) is 5.60 Å². The van der Waals surface area contributed by atoms with Crippen molar-refractivity contribution >= 4 is 0 Å². The lowest BCUT2D eigenvalue weighted by Crippen LogP contribution is -2.37. The van der Waals surface area contributed by atoms with Gasteiger partial charge in [0.25, 0.3) is 0 Å². The van der Waals surface area contributed by atoms with Crippen LogP contribution in [0.4, 0.5) is 4.39 Å². The predicted molar refractivity (Wildman–Crippen MR) is 62.7 cm³/mol. The highest BCUT2D eigenvalue weighted by Crippen LogP contribution is 2.42. The second kappa shape index (κ2) is 4.17.